The summed E-state index contributed by atoms with van der Waals surface area (Å²) in [4.78, 5) is 0. The Kier molecular flexibility index (Phi) is 3.19. The SMILES string of the molecule is C.[Se]CC1Cc2ccccc2N1. The Morgan fingerprint density at radius 1 is 1.42 bits per heavy atom. The summed E-state index contributed by atoms with van der Waals surface area (Å²) in [5.41, 5.74) is 2.76. The molecule has 1 N–H and O–H groups in total. The van der Waals surface area contributed by atoms with Gasteiger partial charge in [-0.15, -0.1) is 0 Å². The zero-order valence-electron chi connectivity index (χ0n) is 6.21. The third-order valence-corrected chi connectivity index (χ3v) is 2.89. The van der Waals surface area contributed by atoms with E-state index in [1.807, 2.05) is 0 Å². The summed E-state index contributed by atoms with van der Waals surface area (Å²) < 4.78 is 0. The fourth-order valence-electron chi connectivity index (χ4n) is 1.48. The molecule has 0 saturated heterocycles. The van der Waals surface area contributed by atoms with Gasteiger partial charge in [-0.1, -0.05) is 7.43 Å². The summed E-state index contributed by atoms with van der Waals surface area (Å²) >= 11 is 3.06. The van der Waals surface area contributed by atoms with E-state index in [2.05, 4.69) is 45.6 Å². The number of benzene rings is 1. The molecule has 1 nitrogen and oxygen atoms in total. The van der Waals surface area contributed by atoms with Crippen LogP contribution in [0.1, 0.15) is 13.0 Å². The first kappa shape index (κ1) is 9.63. The topological polar surface area (TPSA) is 12.0 Å². The minimum atomic E-state index is 0. The van der Waals surface area contributed by atoms with Gasteiger partial charge in [0.05, 0.1) is 0 Å². The molecule has 1 radical (unpaired) electrons. The zero-order chi connectivity index (χ0) is 7.68. The van der Waals surface area contributed by atoms with Crippen LogP contribution in [0.3, 0.4) is 0 Å². The Morgan fingerprint density at radius 3 is 2.83 bits per heavy atom. The molecule has 1 aliphatic rings. The summed E-state index contributed by atoms with van der Waals surface area (Å²) in [6, 6.07) is 9.13. The molecule has 1 unspecified atom stereocenters. The van der Waals surface area contributed by atoms with E-state index in [1.165, 1.54) is 17.7 Å². The molecule has 1 aliphatic heterocycles. The van der Waals surface area contributed by atoms with Crippen LogP contribution in [0.5, 0.6) is 0 Å². The number of nitrogens with one attached hydrogen (secondary N) is 1. The van der Waals surface area contributed by atoms with Crippen molar-refractivity contribution in [2.24, 2.45) is 0 Å². The monoisotopic (exact) mass is 228 g/mol. The third kappa shape index (κ3) is 1.65. The molecule has 2 rings (SSSR count). The Hall–Kier alpha value is -0.461. The van der Waals surface area contributed by atoms with E-state index in [9.17, 15) is 0 Å². The van der Waals surface area contributed by atoms with Crippen LogP contribution in [-0.4, -0.2) is 22.1 Å². The molecule has 0 fully saturated rings. The molecule has 0 saturated carbocycles. The van der Waals surface area contributed by atoms with Gasteiger partial charge in [0.2, 0.25) is 0 Å². The molecule has 1 atom stereocenters. The van der Waals surface area contributed by atoms with Crippen LogP contribution in [0.15, 0.2) is 24.3 Å². The standard InChI is InChI=1S/C9H10NSe.CH4/c11-6-8-5-7-3-1-2-4-9(7)10-8;/h1-4,8,10H,5-6H2;1H4. The van der Waals surface area contributed by atoms with E-state index >= 15 is 0 Å². The summed E-state index contributed by atoms with van der Waals surface area (Å²) in [7, 11) is 0. The van der Waals surface area contributed by atoms with Crippen LogP contribution in [0.25, 0.3) is 0 Å². The van der Waals surface area contributed by atoms with E-state index < -0.39 is 0 Å². The Morgan fingerprint density at radius 2 is 2.17 bits per heavy atom. The maximum atomic E-state index is 3.45. The van der Waals surface area contributed by atoms with E-state index in [4.69, 9.17) is 0 Å². The van der Waals surface area contributed by atoms with E-state index in [0.29, 0.717) is 6.04 Å². The Balaban J connectivity index is 0.000000720. The predicted octanol–water partition coefficient (Wildman–Crippen LogP) is 2.25. The Labute approximate surface area is 82.4 Å². The molecular formula is C10H14NSe. The van der Waals surface area contributed by atoms with Crippen molar-refractivity contribution < 1.29 is 0 Å². The molecular weight excluding hydrogens is 213 g/mol. The Bertz CT molecular complexity index is 235. The summed E-state index contributed by atoms with van der Waals surface area (Å²) in [6.45, 7) is 0. The van der Waals surface area contributed by atoms with Crippen LogP contribution in [0, 0.1) is 0 Å². The summed E-state index contributed by atoms with van der Waals surface area (Å²) in [5, 5.41) is 4.54. The molecule has 0 aliphatic carbocycles. The number of para-hydroxylation sites is 1. The van der Waals surface area contributed by atoms with Gasteiger partial charge in [-0.05, 0) is 0 Å². The van der Waals surface area contributed by atoms with Crippen molar-refractivity contribution in [1.82, 2.24) is 0 Å². The summed E-state index contributed by atoms with van der Waals surface area (Å²) in [5.74, 6) is 0. The maximum absolute atomic E-state index is 3.45. The van der Waals surface area contributed by atoms with Gasteiger partial charge in [0.25, 0.3) is 0 Å². The molecule has 2 heteroatoms. The van der Waals surface area contributed by atoms with Gasteiger partial charge < -0.3 is 0 Å². The van der Waals surface area contributed by atoms with Crippen molar-refractivity contribution in [2.45, 2.75) is 25.2 Å². The molecule has 12 heavy (non-hydrogen) atoms. The van der Waals surface area contributed by atoms with Crippen LogP contribution >= 0.6 is 0 Å². The second-order valence-corrected chi connectivity index (χ2v) is 3.57. The molecule has 1 heterocycles. The fourth-order valence-corrected chi connectivity index (χ4v) is 1.90. The normalized spacial score (nSPS) is 19.2. The van der Waals surface area contributed by atoms with Gasteiger partial charge in [0.1, 0.15) is 0 Å². The van der Waals surface area contributed by atoms with E-state index in [-0.39, 0.29) is 7.43 Å². The number of rotatable bonds is 1. The quantitative estimate of drug-likeness (QED) is 0.725. The third-order valence-electron chi connectivity index (χ3n) is 2.04. The molecule has 1 aromatic rings. The minimum absolute atomic E-state index is 0. The predicted molar refractivity (Wildman–Crippen MR) is 54.8 cm³/mol. The number of hydrogen-bond donors (Lipinski definition) is 1. The number of hydrogen-bond acceptors (Lipinski definition) is 1. The van der Waals surface area contributed by atoms with E-state index in [1.54, 1.807) is 0 Å². The number of anilines is 1. The van der Waals surface area contributed by atoms with Gasteiger partial charge in [-0.25, -0.2) is 0 Å². The van der Waals surface area contributed by atoms with Crippen molar-refractivity contribution in [3.8, 4) is 0 Å². The van der Waals surface area contributed by atoms with Gasteiger partial charge in [-0.2, -0.15) is 0 Å². The molecule has 1 aromatic carbocycles. The average Bonchev–Trinajstić information content (AvgIpc) is 2.46. The van der Waals surface area contributed by atoms with Gasteiger partial charge in [-0.3, -0.25) is 0 Å². The second kappa shape index (κ2) is 3.97. The van der Waals surface area contributed by atoms with Crippen LogP contribution in [0.2, 0.25) is 5.32 Å². The number of fused-ring (bicyclic) bond motifs is 1. The van der Waals surface area contributed by atoms with Crippen molar-refractivity contribution in [1.29, 1.82) is 0 Å². The van der Waals surface area contributed by atoms with Crippen molar-refractivity contribution in [3.05, 3.63) is 29.8 Å². The van der Waals surface area contributed by atoms with Crippen molar-refractivity contribution in [2.75, 3.05) is 5.32 Å². The van der Waals surface area contributed by atoms with Crippen LogP contribution in [-0.2, 0) is 6.42 Å². The van der Waals surface area contributed by atoms with Gasteiger partial charge in [0.15, 0.2) is 0 Å². The summed E-state index contributed by atoms with van der Waals surface area (Å²) in [6.07, 6.45) is 1.17. The first-order valence-electron chi connectivity index (χ1n) is 3.82. The van der Waals surface area contributed by atoms with Crippen molar-refractivity contribution >= 4 is 21.7 Å². The molecule has 0 aromatic heterocycles. The zero-order valence-corrected chi connectivity index (χ0v) is 7.92. The van der Waals surface area contributed by atoms with E-state index in [0.717, 1.165) is 5.32 Å². The van der Waals surface area contributed by atoms with Gasteiger partial charge in [0, 0.05) is 0 Å². The molecule has 65 valence electrons. The van der Waals surface area contributed by atoms with Crippen molar-refractivity contribution in [3.63, 3.8) is 0 Å². The molecule has 0 amide bonds. The average molecular weight is 227 g/mol. The van der Waals surface area contributed by atoms with Gasteiger partial charge >= 0.3 is 74.6 Å². The first-order valence-corrected chi connectivity index (χ1v) is 5.04. The fraction of sp³-hybridized carbons (Fsp3) is 0.400. The van der Waals surface area contributed by atoms with Crippen LogP contribution in [0.4, 0.5) is 5.69 Å². The first-order chi connectivity index (χ1) is 5.40. The van der Waals surface area contributed by atoms with Crippen LogP contribution < -0.4 is 5.32 Å². The second-order valence-electron chi connectivity index (χ2n) is 2.87. The molecule has 0 bridgehead atoms. The molecule has 0 spiro atoms.